The first-order valence-corrected chi connectivity index (χ1v) is 9.14. The molecule has 0 atom stereocenters. The molecule has 0 radical (unpaired) electrons. The zero-order valence-corrected chi connectivity index (χ0v) is 16.8. The molecule has 0 saturated carbocycles. The average Bonchev–Trinajstić information content (AvgIpc) is 3.04. The van der Waals surface area contributed by atoms with Crippen LogP contribution in [0.25, 0.3) is 5.78 Å². The van der Waals surface area contributed by atoms with Gasteiger partial charge < -0.3 is 4.74 Å². The van der Waals surface area contributed by atoms with Gasteiger partial charge in [-0.25, -0.2) is 9.50 Å². The average molecular weight is 366 g/mol. The molecule has 0 aliphatic rings. The summed E-state index contributed by atoms with van der Waals surface area (Å²) in [6.07, 6.45) is 2.32. The topological polar surface area (TPSA) is 69.4 Å². The Morgan fingerprint density at radius 1 is 1.19 bits per heavy atom. The summed E-state index contributed by atoms with van der Waals surface area (Å²) in [5, 5.41) is 4.18. The number of aromatic nitrogens is 4. The Kier molecular flexibility index (Phi) is 5.00. The van der Waals surface area contributed by atoms with Crippen molar-refractivity contribution >= 4 is 11.7 Å². The van der Waals surface area contributed by atoms with E-state index in [9.17, 15) is 4.79 Å². The summed E-state index contributed by atoms with van der Waals surface area (Å²) >= 11 is 0. The van der Waals surface area contributed by atoms with Gasteiger partial charge in [0.05, 0.1) is 6.42 Å². The first kappa shape index (κ1) is 19.0. The molecule has 0 aliphatic carbocycles. The largest absolute Gasteiger partial charge is 0.426 e. The molecule has 0 amide bonds. The van der Waals surface area contributed by atoms with Crippen LogP contribution in [-0.4, -0.2) is 25.6 Å². The monoisotopic (exact) mass is 366 g/mol. The number of fused-ring (bicyclic) bond motifs is 1. The highest BCUT2D eigenvalue weighted by Crippen LogP contribution is 2.28. The first-order valence-electron chi connectivity index (χ1n) is 9.14. The van der Waals surface area contributed by atoms with Crippen molar-refractivity contribution in [2.45, 2.75) is 59.8 Å². The SMILES string of the molecule is Cc1cc(C(C)(C)C)ccc1OC(=O)CCc1c(C)nc2ncnn2c1C. The summed E-state index contributed by atoms with van der Waals surface area (Å²) in [7, 11) is 0. The first-order chi connectivity index (χ1) is 12.7. The van der Waals surface area contributed by atoms with Gasteiger partial charge in [-0.2, -0.15) is 10.1 Å². The van der Waals surface area contributed by atoms with E-state index in [0.29, 0.717) is 17.9 Å². The van der Waals surface area contributed by atoms with Gasteiger partial charge in [0.2, 0.25) is 0 Å². The lowest BCUT2D eigenvalue weighted by atomic mass is 9.86. The van der Waals surface area contributed by atoms with Crippen molar-refractivity contribution < 1.29 is 9.53 Å². The third-order valence-electron chi connectivity index (χ3n) is 4.83. The minimum atomic E-state index is -0.251. The van der Waals surface area contributed by atoms with Crippen molar-refractivity contribution in [3.8, 4) is 5.75 Å². The van der Waals surface area contributed by atoms with Gasteiger partial charge in [-0.15, -0.1) is 0 Å². The number of carbonyl (C=O) groups excluding carboxylic acids is 1. The highest BCUT2D eigenvalue weighted by molar-refractivity contribution is 5.73. The van der Waals surface area contributed by atoms with E-state index >= 15 is 0 Å². The smallest absolute Gasteiger partial charge is 0.311 e. The van der Waals surface area contributed by atoms with Gasteiger partial charge in [0.15, 0.2) is 0 Å². The van der Waals surface area contributed by atoms with Gasteiger partial charge in [-0.05, 0) is 55.4 Å². The van der Waals surface area contributed by atoms with E-state index in [2.05, 4.69) is 41.9 Å². The van der Waals surface area contributed by atoms with E-state index in [1.807, 2.05) is 32.9 Å². The number of esters is 1. The Morgan fingerprint density at radius 2 is 1.93 bits per heavy atom. The number of hydrogen-bond acceptors (Lipinski definition) is 5. The van der Waals surface area contributed by atoms with Crippen LogP contribution in [0.3, 0.4) is 0 Å². The summed E-state index contributed by atoms with van der Waals surface area (Å²) in [5.41, 5.74) is 5.08. The Labute approximate surface area is 159 Å². The Morgan fingerprint density at radius 3 is 2.59 bits per heavy atom. The Balaban J connectivity index is 1.70. The highest BCUT2D eigenvalue weighted by atomic mass is 16.5. The molecule has 6 nitrogen and oxygen atoms in total. The fourth-order valence-electron chi connectivity index (χ4n) is 3.15. The van der Waals surface area contributed by atoms with Crippen LogP contribution in [0, 0.1) is 20.8 Å². The van der Waals surface area contributed by atoms with E-state index in [4.69, 9.17) is 4.74 Å². The molecule has 0 fully saturated rings. The summed E-state index contributed by atoms with van der Waals surface area (Å²) < 4.78 is 7.29. The quantitative estimate of drug-likeness (QED) is 0.518. The molecule has 0 N–H and O–H groups in total. The van der Waals surface area contributed by atoms with Crippen molar-refractivity contribution in [2.75, 3.05) is 0 Å². The molecular formula is C21H26N4O2. The van der Waals surface area contributed by atoms with E-state index in [1.54, 1.807) is 4.52 Å². The van der Waals surface area contributed by atoms with E-state index in [1.165, 1.54) is 11.9 Å². The van der Waals surface area contributed by atoms with Crippen LogP contribution >= 0.6 is 0 Å². The zero-order chi connectivity index (χ0) is 19.8. The molecule has 0 saturated heterocycles. The van der Waals surface area contributed by atoms with Crippen LogP contribution in [0.15, 0.2) is 24.5 Å². The van der Waals surface area contributed by atoms with Gasteiger partial charge in [-0.3, -0.25) is 4.79 Å². The minimum absolute atomic E-state index is 0.0648. The number of nitrogens with zero attached hydrogens (tertiary/aromatic N) is 4. The van der Waals surface area contributed by atoms with Crippen molar-refractivity contribution in [2.24, 2.45) is 0 Å². The second-order valence-electron chi connectivity index (χ2n) is 7.94. The molecule has 0 spiro atoms. The Bertz CT molecular complexity index is 999. The second kappa shape index (κ2) is 7.10. The van der Waals surface area contributed by atoms with Crippen LogP contribution in [-0.2, 0) is 16.6 Å². The highest BCUT2D eigenvalue weighted by Gasteiger charge is 2.17. The fourth-order valence-corrected chi connectivity index (χ4v) is 3.15. The summed E-state index contributed by atoms with van der Waals surface area (Å²) in [5.74, 6) is 0.941. The standard InChI is InChI=1S/C21H26N4O2/c1-13-11-16(21(4,5)6)7-9-18(13)27-19(26)10-8-17-14(2)24-20-22-12-23-25(20)15(17)3/h7,9,11-12H,8,10H2,1-6H3. The van der Waals surface area contributed by atoms with E-state index in [0.717, 1.165) is 22.5 Å². The van der Waals surface area contributed by atoms with E-state index < -0.39 is 0 Å². The molecule has 2 heterocycles. The summed E-state index contributed by atoms with van der Waals surface area (Å²) in [6.45, 7) is 12.4. The molecule has 1 aromatic carbocycles. The number of aryl methyl sites for hydroxylation is 3. The maximum Gasteiger partial charge on any atom is 0.311 e. The molecule has 27 heavy (non-hydrogen) atoms. The third kappa shape index (κ3) is 3.99. The van der Waals surface area contributed by atoms with Gasteiger partial charge >= 0.3 is 5.97 Å². The van der Waals surface area contributed by atoms with Crippen molar-refractivity contribution in [1.29, 1.82) is 0 Å². The molecular weight excluding hydrogens is 340 g/mol. The predicted molar refractivity (Wildman–Crippen MR) is 104 cm³/mol. The maximum absolute atomic E-state index is 12.4. The predicted octanol–water partition coefficient (Wildman–Crippen LogP) is 3.89. The molecule has 142 valence electrons. The van der Waals surface area contributed by atoms with Crippen LogP contribution in [0.4, 0.5) is 0 Å². The fraction of sp³-hybridized carbons (Fsp3) is 0.429. The number of ether oxygens (including phenoxy) is 1. The molecule has 0 bridgehead atoms. The normalized spacial score (nSPS) is 11.8. The number of carbonyl (C=O) groups is 1. The number of hydrogen-bond donors (Lipinski definition) is 0. The Hall–Kier alpha value is -2.76. The summed E-state index contributed by atoms with van der Waals surface area (Å²) in [4.78, 5) is 20.9. The zero-order valence-electron chi connectivity index (χ0n) is 16.8. The van der Waals surface area contributed by atoms with Crippen LogP contribution in [0.5, 0.6) is 5.75 Å². The van der Waals surface area contributed by atoms with Gasteiger partial charge in [0.25, 0.3) is 5.78 Å². The van der Waals surface area contributed by atoms with Gasteiger partial charge in [0, 0.05) is 11.4 Å². The minimum Gasteiger partial charge on any atom is -0.426 e. The number of rotatable bonds is 4. The van der Waals surface area contributed by atoms with Crippen LogP contribution in [0.2, 0.25) is 0 Å². The molecule has 3 aromatic rings. The van der Waals surface area contributed by atoms with Crippen LogP contribution < -0.4 is 4.74 Å². The van der Waals surface area contributed by atoms with E-state index in [-0.39, 0.29) is 17.8 Å². The molecule has 6 heteroatoms. The maximum atomic E-state index is 12.4. The second-order valence-corrected chi connectivity index (χ2v) is 7.94. The third-order valence-corrected chi connectivity index (χ3v) is 4.83. The molecule has 3 rings (SSSR count). The van der Waals surface area contributed by atoms with Crippen LogP contribution in [0.1, 0.15) is 55.3 Å². The van der Waals surface area contributed by atoms with Crippen molar-refractivity contribution in [3.05, 3.63) is 52.6 Å². The van der Waals surface area contributed by atoms with Crippen molar-refractivity contribution in [1.82, 2.24) is 19.6 Å². The molecule has 2 aromatic heterocycles. The lowest BCUT2D eigenvalue weighted by Crippen LogP contribution is -2.14. The van der Waals surface area contributed by atoms with Crippen molar-refractivity contribution in [3.63, 3.8) is 0 Å². The summed E-state index contributed by atoms with van der Waals surface area (Å²) in [6, 6.07) is 5.99. The molecule has 0 unspecified atom stereocenters. The lowest BCUT2D eigenvalue weighted by Gasteiger charge is -2.20. The van der Waals surface area contributed by atoms with Gasteiger partial charge in [-0.1, -0.05) is 32.9 Å². The van der Waals surface area contributed by atoms with Gasteiger partial charge in [0.1, 0.15) is 12.1 Å². The molecule has 0 aliphatic heterocycles. The lowest BCUT2D eigenvalue weighted by molar-refractivity contribution is -0.134. The number of benzene rings is 1.